The summed E-state index contributed by atoms with van der Waals surface area (Å²) in [5.41, 5.74) is 4.34. The first-order valence-corrected chi connectivity index (χ1v) is 7.75. The summed E-state index contributed by atoms with van der Waals surface area (Å²) >= 11 is 6.14. The van der Waals surface area contributed by atoms with Crippen LogP contribution in [-0.2, 0) is 17.8 Å². The summed E-state index contributed by atoms with van der Waals surface area (Å²) in [6.45, 7) is 5.30. The normalized spacial score (nSPS) is 13.9. The number of hydrogen-bond acceptors (Lipinski definition) is 2. The van der Waals surface area contributed by atoms with Gasteiger partial charge in [0.15, 0.2) is 6.61 Å². The van der Waals surface area contributed by atoms with Gasteiger partial charge in [-0.05, 0) is 48.7 Å². The topological polar surface area (TPSA) is 45.3 Å². The average molecular weight is 319 g/mol. The Labute approximate surface area is 135 Å². The van der Waals surface area contributed by atoms with Crippen LogP contribution < -0.4 is 4.74 Å². The third kappa shape index (κ3) is 2.97. The monoisotopic (exact) mass is 318 g/mol. The number of H-pyrrole nitrogens is 1. The number of carbonyl (C=O) groups is 1. The minimum Gasteiger partial charge on any atom is -0.484 e. The molecule has 5 heteroatoms. The minimum atomic E-state index is 0.0112. The van der Waals surface area contributed by atoms with Crippen molar-refractivity contribution in [1.29, 1.82) is 0 Å². The number of nitrogens with zero attached hydrogens (tertiary/aromatic N) is 1. The zero-order valence-electron chi connectivity index (χ0n) is 12.8. The number of ether oxygens (including phenoxy) is 1. The van der Waals surface area contributed by atoms with Gasteiger partial charge in [-0.25, -0.2) is 0 Å². The van der Waals surface area contributed by atoms with Crippen LogP contribution >= 0.6 is 11.6 Å². The largest absolute Gasteiger partial charge is 0.484 e. The number of benzene rings is 1. The number of rotatable bonds is 3. The Hall–Kier alpha value is -1.94. The molecule has 0 atom stereocenters. The first-order valence-electron chi connectivity index (χ1n) is 7.37. The molecule has 3 rings (SSSR count). The lowest BCUT2D eigenvalue weighted by atomic mass is 10.1. The Morgan fingerprint density at radius 1 is 1.36 bits per heavy atom. The van der Waals surface area contributed by atoms with Crippen LogP contribution in [0.5, 0.6) is 5.75 Å². The highest BCUT2D eigenvalue weighted by molar-refractivity contribution is 6.32. The fraction of sp³-hybridized carbons (Fsp3) is 0.353. The SMILES string of the molecule is Cc1cc(OCC(=O)N2CCc3[nH]ccc3C2)cc(C)c1Cl. The van der Waals surface area contributed by atoms with Crippen molar-refractivity contribution in [1.82, 2.24) is 9.88 Å². The van der Waals surface area contributed by atoms with Gasteiger partial charge >= 0.3 is 0 Å². The number of carbonyl (C=O) groups excluding carboxylic acids is 1. The van der Waals surface area contributed by atoms with Crippen molar-refractivity contribution in [2.24, 2.45) is 0 Å². The first kappa shape index (κ1) is 15.0. The Bertz CT molecular complexity index is 685. The zero-order chi connectivity index (χ0) is 15.7. The van der Waals surface area contributed by atoms with E-state index in [0.29, 0.717) is 12.3 Å². The summed E-state index contributed by atoms with van der Waals surface area (Å²) in [5.74, 6) is 0.698. The van der Waals surface area contributed by atoms with Crippen LogP contribution in [0, 0.1) is 13.8 Å². The summed E-state index contributed by atoms with van der Waals surface area (Å²) in [4.78, 5) is 17.4. The van der Waals surface area contributed by atoms with Crippen molar-refractivity contribution in [2.75, 3.05) is 13.2 Å². The summed E-state index contributed by atoms with van der Waals surface area (Å²) in [6.07, 6.45) is 2.79. The predicted octanol–water partition coefficient (Wildman–Crippen LogP) is 3.25. The van der Waals surface area contributed by atoms with E-state index < -0.39 is 0 Å². The summed E-state index contributed by atoms with van der Waals surface area (Å²) in [7, 11) is 0. The van der Waals surface area contributed by atoms with Gasteiger partial charge in [0.05, 0.1) is 0 Å². The van der Waals surface area contributed by atoms with E-state index in [1.165, 1.54) is 11.3 Å². The van der Waals surface area contributed by atoms with Gasteiger partial charge in [-0.1, -0.05) is 11.6 Å². The molecule has 0 bridgehead atoms. The third-order valence-corrected chi connectivity index (χ3v) is 4.64. The number of aryl methyl sites for hydroxylation is 2. The Morgan fingerprint density at radius 3 is 2.82 bits per heavy atom. The number of aromatic nitrogens is 1. The Kier molecular flexibility index (Phi) is 4.12. The molecule has 4 nitrogen and oxygen atoms in total. The molecule has 22 heavy (non-hydrogen) atoms. The lowest BCUT2D eigenvalue weighted by Crippen LogP contribution is -2.38. The molecule has 1 N–H and O–H groups in total. The second kappa shape index (κ2) is 6.05. The maximum Gasteiger partial charge on any atom is 0.260 e. The Balaban J connectivity index is 1.61. The van der Waals surface area contributed by atoms with Crippen molar-refractivity contribution in [3.05, 3.63) is 51.8 Å². The first-order chi connectivity index (χ1) is 10.5. The smallest absolute Gasteiger partial charge is 0.260 e. The van der Waals surface area contributed by atoms with Crippen molar-refractivity contribution >= 4 is 17.5 Å². The second-order valence-electron chi connectivity index (χ2n) is 5.71. The predicted molar refractivity (Wildman–Crippen MR) is 86.3 cm³/mol. The van der Waals surface area contributed by atoms with Gasteiger partial charge in [0, 0.05) is 36.4 Å². The van der Waals surface area contributed by atoms with Gasteiger partial charge in [-0.3, -0.25) is 4.79 Å². The highest BCUT2D eigenvalue weighted by Crippen LogP contribution is 2.26. The molecule has 1 amide bonds. The number of hydrogen-bond donors (Lipinski definition) is 1. The maximum atomic E-state index is 12.3. The van der Waals surface area contributed by atoms with E-state index in [4.69, 9.17) is 16.3 Å². The van der Waals surface area contributed by atoms with E-state index in [-0.39, 0.29) is 12.5 Å². The molecule has 2 heterocycles. The molecule has 0 saturated carbocycles. The average Bonchev–Trinajstić information content (AvgIpc) is 2.97. The van der Waals surface area contributed by atoms with Gasteiger partial charge in [-0.2, -0.15) is 0 Å². The lowest BCUT2D eigenvalue weighted by Gasteiger charge is -2.27. The van der Waals surface area contributed by atoms with E-state index in [0.717, 1.165) is 29.1 Å². The van der Waals surface area contributed by atoms with E-state index >= 15 is 0 Å². The van der Waals surface area contributed by atoms with Crippen molar-refractivity contribution < 1.29 is 9.53 Å². The molecule has 0 radical (unpaired) electrons. The molecular formula is C17H19ClN2O2. The van der Waals surface area contributed by atoms with Crippen LogP contribution in [0.1, 0.15) is 22.4 Å². The minimum absolute atomic E-state index is 0.0112. The molecule has 1 aromatic heterocycles. The molecule has 1 aromatic carbocycles. The highest BCUT2D eigenvalue weighted by atomic mass is 35.5. The fourth-order valence-electron chi connectivity index (χ4n) is 2.79. The van der Waals surface area contributed by atoms with Crippen molar-refractivity contribution in [2.45, 2.75) is 26.8 Å². The molecule has 2 aromatic rings. The molecule has 0 fully saturated rings. The standard InChI is InChI=1S/C17H19ClN2O2/c1-11-7-14(8-12(2)17(11)18)22-10-16(21)20-6-4-15-13(9-20)3-5-19-15/h3,5,7-8,19H,4,6,9-10H2,1-2H3. The zero-order valence-corrected chi connectivity index (χ0v) is 13.5. The fourth-order valence-corrected chi connectivity index (χ4v) is 2.90. The summed E-state index contributed by atoms with van der Waals surface area (Å²) in [6, 6.07) is 5.76. The van der Waals surface area contributed by atoms with Crippen molar-refractivity contribution in [3.63, 3.8) is 0 Å². The molecular weight excluding hydrogens is 300 g/mol. The molecule has 0 spiro atoms. The summed E-state index contributed by atoms with van der Waals surface area (Å²) in [5, 5.41) is 0.745. The van der Waals surface area contributed by atoms with Crippen LogP contribution in [0.25, 0.3) is 0 Å². The van der Waals surface area contributed by atoms with E-state index in [9.17, 15) is 4.79 Å². The van der Waals surface area contributed by atoms with Gasteiger partial charge in [0.25, 0.3) is 5.91 Å². The number of aromatic amines is 1. The molecule has 0 unspecified atom stereocenters. The van der Waals surface area contributed by atoms with Gasteiger partial charge < -0.3 is 14.6 Å². The van der Waals surface area contributed by atoms with Gasteiger partial charge in [0.2, 0.25) is 0 Å². The Morgan fingerprint density at radius 2 is 2.09 bits per heavy atom. The van der Waals surface area contributed by atoms with Gasteiger partial charge in [0.1, 0.15) is 5.75 Å². The number of amides is 1. The lowest BCUT2D eigenvalue weighted by molar-refractivity contribution is -0.134. The van der Waals surface area contributed by atoms with Crippen LogP contribution in [0.2, 0.25) is 5.02 Å². The quantitative estimate of drug-likeness (QED) is 0.944. The third-order valence-electron chi connectivity index (χ3n) is 4.05. The van der Waals surface area contributed by atoms with E-state index in [1.54, 1.807) is 0 Å². The number of nitrogens with one attached hydrogen (secondary N) is 1. The molecule has 116 valence electrons. The van der Waals surface area contributed by atoms with Crippen LogP contribution in [0.15, 0.2) is 24.4 Å². The van der Waals surface area contributed by atoms with Crippen LogP contribution in [0.4, 0.5) is 0 Å². The van der Waals surface area contributed by atoms with Crippen molar-refractivity contribution in [3.8, 4) is 5.75 Å². The molecule has 1 aliphatic heterocycles. The van der Waals surface area contributed by atoms with Gasteiger partial charge in [-0.15, -0.1) is 0 Å². The highest BCUT2D eigenvalue weighted by Gasteiger charge is 2.21. The number of fused-ring (bicyclic) bond motifs is 1. The molecule has 0 saturated heterocycles. The van der Waals surface area contributed by atoms with Crippen LogP contribution in [0.3, 0.4) is 0 Å². The van der Waals surface area contributed by atoms with Crippen LogP contribution in [-0.4, -0.2) is 28.9 Å². The second-order valence-corrected chi connectivity index (χ2v) is 6.08. The van der Waals surface area contributed by atoms with E-state index in [1.807, 2.05) is 43.1 Å². The van der Waals surface area contributed by atoms with E-state index in [2.05, 4.69) is 4.98 Å². The summed E-state index contributed by atoms with van der Waals surface area (Å²) < 4.78 is 5.65. The molecule has 1 aliphatic rings. The number of halogens is 1. The molecule has 0 aliphatic carbocycles. The maximum absolute atomic E-state index is 12.3.